The topological polar surface area (TPSA) is 54.0 Å². The van der Waals surface area contributed by atoms with Gasteiger partial charge in [0.25, 0.3) is 5.91 Å². The normalized spacial score (nSPS) is 25.7. The number of amides is 1. The molecule has 1 aliphatic heterocycles. The molecule has 4 nitrogen and oxygen atoms in total. The van der Waals surface area contributed by atoms with Gasteiger partial charge in [0.15, 0.2) is 0 Å². The van der Waals surface area contributed by atoms with Crippen molar-refractivity contribution in [1.29, 1.82) is 0 Å². The number of benzene rings is 1. The van der Waals surface area contributed by atoms with Gasteiger partial charge in [0.05, 0.1) is 11.1 Å². The first-order chi connectivity index (χ1) is 10.2. The lowest BCUT2D eigenvalue weighted by Gasteiger charge is -2.36. The largest absolute Gasteiger partial charge is 0.347 e. The molecule has 1 amide bonds. The summed E-state index contributed by atoms with van der Waals surface area (Å²) in [7, 11) is 0. The maximum atomic E-state index is 12.6. The van der Waals surface area contributed by atoms with Crippen LogP contribution < -0.4 is 10.6 Å². The Morgan fingerprint density at radius 2 is 2.10 bits per heavy atom. The highest BCUT2D eigenvalue weighted by Crippen LogP contribution is 2.19. The van der Waals surface area contributed by atoms with E-state index in [1.807, 2.05) is 30.3 Å². The summed E-state index contributed by atoms with van der Waals surface area (Å²) in [5.41, 5.74) is 1.42. The fourth-order valence-electron chi connectivity index (χ4n) is 3.12. The van der Waals surface area contributed by atoms with Gasteiger partial charge < -0.3 is 10.6 Å². The molecular formula is C17H21N3O. The molecule has 4 heteroatoms. The minimum Gasteiger partial charge on any atom is -0.347 e. The number of aromatic nitrogens is 1. The van der Waals surface area contributed by atoms with Crippen molar-refractivity contribution in [2.75, 3.05) is 6.54 Å². The molecule has 1 aromatic carbocycles. The monoisotopic (exact) mass is 283 g/mol. The number of carbonyl (C=O) groups is 1. The highest BCUT2D eigenvalue weighted by atomic mass is 16.1. The average molecular weight is 283 g/mol. The van der Waals surface area contributed by atoms with E-state index in [0.29, 0.717) is 17.5 Å². The number of hydrogen-bond donors (Lipinski definition) is 2. The number of piperidine rings is 1. The van der Waals surface area contributed by atoms with E-state index in [1.54, 1.807) is 6.20 Å². The fourth-order valence-corrected chi connectivity index (χ4v) is 3.12. The third kappa shape index (κ3) is 2.76. The fraction of sp³-hybridized carbons (Fsp3) is 0.412. The molecule has 0 spiro atoms. The molecule has 0 saturated carbocycles. The van der Waals surface area contributed by atoms with Crippen LogP contribution in [0, 0.1) is 5.92 Å². The van der Waals surface area contributed by atoms with E-state index in [4.69, 9.17) is 0 Å². The molecule has 1 saturated heterocycles. The lowest BCUT2D eigenvalue weighted by Crippen LogP contribution is -2.55. The van der Waals surface area contributed by atoms with Crippen LogP contribution in [-0.2, 0) is 0 Å². The van der Waals surface area contributed by atoms with Gasteiger partial charge in [0, 0.05) is 23.7 Å². The SMILES string of the molecule is CC1CCNC(C)C1NC(=O)c1cccc2cccnc12. The van der Waals surface area contributed by atoms with Crippen LogP contribution in [0.25, 0.3) is 10.9 Å². The van der Waals surface area contributed by atoms with Crippen molar-refractivity contribution in [2.45, 2.75) is 32.4 Å². The molecule has 3 unspecified atom stereocenters. The number of carbonyl (C=O) groups excluding carboxylic acids is 1. The van der Waals surface area contributed by atoms with E-state index >= 15 is 0 Å². The van der Waals surface area contributed by atoms with Crippen LogP contribution in [0.3, 0.4) is 0 Å². The van der Waals surface area contributed by atoms with E-state index in [0.717, 1.165) is 23.9 Å². The molecule has 3 atom stereocenters. The molecule has 110 valence electrons. The Morgan fingerprint density at radius 3 is 2.90 bits per heavy atom. The summed E-state index contributed by atoms with van der Waals surface area (Å²) in [4.78, 5) is 17.0. The molecule has 2 N–H and O–H groups in total. The number of rotatable bonds is 2. The van der Waals surface area contributed by atoms with E-state index < -0.39 is 0 Å². The maximum Gasteiger partial charge on any atom is 0.253 e. The first-order valence-electron chi connectivity index (χ1n) is 7.55. The second kappa shape index (κ2) is 5.82. The van der Waals surface area contributed by atoms with Crippen molar-refractivity contribution in [3.8, 4) is 0 Å². The molecular weight excluding hydrogens is 262 g/mol. The van der Waals surface area contributed by atoms with Crippen molar-refractivity contribution in [3.63, 3.8) is 0 Å². The quantitative estimate of drug-likeness (QED) is 0.889. The summed E-state index contributed by atoms with van der Waals surface area (Å²) >= 11 is 0. The molecule has 2 heterocycles. The first-order valence-corrected chi connectivity index (χ1v) is 7.55. The Bertz CT molecular complexity index is 640. The molecule has 0 aliphatic carbocycles. The van der Waals surface area contributed by atoms with Gasteiger partial charge in [-0.3, -0.25) is 9.78 Å². The van der Waals surface area contributed by atoms with Gasteiger partial charge in [-0.15, -0.1) is 0 Å². The smallest absolute Gasteiger partial charge is 0.253 e. The first kappa shape index (κ1) is 14.0. The van der Waals surface area contributed by atoms with Crippen LogP contribution in [0.15, 0.2) is 36.5 Å². The Kier molecular flexibility index (Phi) is 3.88. The lowest BCUT2D eigenvalue weighted by molar-refractivity contribution is 0.0899. The van der Waals surface area contributed by atoms with Crippen LogP contribution >= 0.6 is 0 Å². The molecule has 1 fully saturated rings. The van der Waals surface area contributed by atoms with E-state index in [2.05, 4.69) is 29.5 Å². The van der Waals surface area contributed by atoms with Crippen LogP contribution in [0.5, 0.6) is 0 Å². The van der Waals surface area contributed by atoms with Crippen LogP contribution in [0.2, 0.25) is 0 Å². The van der Waals surface area contributed by atoms with Gasteiger partial charge in [-0.1, -0.05) is 25.1 Å². The van der Waals surface area contributed by atoms with Crippen molar-refractivity contribution in [2.24, 2.45) is 5.92 Å². The van der Waals surface area contributed by atoms with E-state index in [9.17, 15) is 4.79 Å². The Hall–Kier alpha value is -1.94. The zero-order valence-electron chi connectivity index (χ0n) is 12.5. The molecule has 1 aliphatic rings. The number of para-hydroxylation sites is 1. The minimum atomic E-state index is -0.0355. The third-order valence-electron chi connectivity index (χ3n) is 4.39. The second-order valence-corrected chi connectivity index (χ2v) is 5.89. The van der Waals surface area contributed by atoms with Crippen LogP contribution in [0.4, 0.5) is 0 Å². The summed E-state index contributed by atoms with van der Waals surface area (Å²) in [6.45, 7) is 5.34. The minimum absolute atomic E-state index is 0.0355. The summed E-state index contributed by atoms with van der Waals surface area (Å²) in [6.07, 6.45) is 2.82. The van der Waals surface area contributed by atoms with Gasteiger partial charge in [0.1, 0.15) is 0 Å². The number of nitrogens with zero attached hydrogens (tertiary/aromatic N) is 1. The average Bonchev–Trinajstić information content (AvgIpc) is 2.50. The Labute approximate surface area is 125 Å². The molecule has 1 aromatic heterocycles. The van der Waals surface area contributed by atoms with Crippen molar-refractivity contribution >= 4 is 16.8 Å². The molecule has 0 radical (unpaired) electrons. The van der Waals surface area contributed by atoms with Gasteiger partial charge in [-0.25, -0.2) is 0 Å². The molecule has 21 heavy (non-hydrogen) atoms. The lowest BCUT2D eigenvalue weighted by atomic mass is 9.89. The third-order valence-corrected chi connectivity index (χ3v) is 4.39. The van der Waals surface area contributed by atoms with Gasteiger partial charge in [-0.05, 0) is 37.9 Å². The second-order valence-electron chi connectivity index (χ2n) is 5.89. The zero-order valence-corrected chi connectivity index (χ0v) is 12.5. The summed E-state index contributed by atoms with van der Waals surface area (Å²) in [5.74, 6) is 0.444. The predicted octanol–water partition coefficient (Wildman–Crippen LogP) is 2.35. The van der Waals surface area contributed by atoms with E-state index in [1.165, 1.54) is 0 Å². The Morgan fingerprint density at radius 1 is 1.29 bits per heavy atom. The highest BCUT2D eigenvalue weighted by Gasteiger charge is 2.29. The summed E-state index contributed by atoms with van der Waals surface area (Å²) in [6, 6.07) is 10.0. The van der Waals surface area contributed by atoms with Crippen molar-refractivity contribution in [3.05, 3.63) is 42.1 Å². The summed E-state index contributed by atoms with van der Waals surface area (Å²) < 4.78 is 0. The van der Waals surface area contributed by atoms with Gasteiger partial charge in [0.2, 0.25) is 0 Å². The van der Waals surface area contributed by atoms with Gasteiger partial charge in [-0.2, -0.15) is 0 Å². The van der Waals surface area contributed by atoms with Crippen molar-refractivity contribution < 1.29 is 4.79 Å². The van der Waals surface area contributed by atoms with Gasteiger partial charge >= 0.3 is 0 Å². The van der Waals surface area contributed by atoms with Crippen LogP contribution in [-0.4, -0.2) is 29.5 Å². The zero-order chi connectivity index (χ0) is 14.8. The van der Waals surface area contributed by atoms with Crippen molar-refractivity contribution in [1.82, 2.24) is 15.6 Å². The number of fused-ring (bicyclic) bond motifs is 1. The number of hydrogen-bond acceptors (Lipinski definition) is 3. The standard InChI is InChI=1S/C17H21N3O/c1-11-8-10-18-12(2)15(11)20-17(21)14-7-3-5-13-6-4-9-19-16(13)14/h3-7,9,11-12,15,18H,8,10H2,1-2H3,(H,20,21). The summed E-state index contributed by atoms with van der Waals surface area (Å²) in [5, 5.41) is 7.61. The number of pyridine rings is 1. The Balaban J connectivity index is 1.87. The number of nitrogens with one attached hydrogen (secondary N) is 2. The molecule has 0 bridgehead atoms. The molecule has 2 aromatic rings. The molecule has 3 rings (SSSR count). The maximum absolute atomic E-state index is 12.6. The predicted molar refractivity (Wildman–Crippen MR) is 84.2 cm³/mol. The van der Waals surface area contributed by atoms with E-state index in [-0.39, 0.29) is 11.9 Å². The van der Waals surface area contributed by atoms with Crippen LogP contribution in [0.1, 0.15) is 30.6 Å². The highest BCUT2D eigenvalue weighted by molar-refractivity contribution is 6.05.